The summed E-state index contributed by atoms with van der Waals surface area (Å²) in [7, 11) is 0. The molecule has 4 nitrogen and oxygen atoms in total. The molecule has 0 saturated heterocycles. The van der Waals surface area contributed by atoms with Crippen molar-refractivity contribution in [3.8, 4) is 11.3 Å². The van der Waals surface area contributed by atoms with Crippen molar-refractivity contribution in [3.05, 3.63) is 60.9 Å². The lowest BCUT2D eigenvalue weighted by Gasteiger charge is -2.02. The number of furan rings is 1. The van der Waals surface area contributed by atoms with Gasteiger partial charge < -0.3 is 4.42 Å². The van der Waals surface area contributed by atoms with Gasteiger partial charge in [0.1, 0.15) is 18.4 Å². The average Bonchev–Trinajstić information content (AvgIpc) is 3.01. The Morgan fingerprint density at radius 2 is 2.00 bits per heavy atom. The van der Waals surface area contributed by atoms with Crippen LogP contribution in [-0.4, -0.2) is 14.8 Å². The fourth-order valence-electron chi connectivity index (χ4n) is 1.72. The van der Waals surface area contributed by atoms with E-state index in [1.165, 1.54) is 11.9 Å². The van der Waals surface area contributed by atoms with E-state index >= 15 is 0 Å². The van der Waals surface area contributed by atoms with Crippen LogP contribution in [0.1, 0.15) is 5.56 Å². The lowest BCUT2D eigenvalue weighted by atomic mass is 10.1. The SMILES string of the molecule is c1coc(-c2ccc(Cn3cncn3)cc2)c1. The summed E-state index contributed by atoms with van der Waals surface area (Å²) in [5.41, 5.74) is 2.27. The topological polar surface area (TPSA) is 43.9 Å². The summed E-state index contributed by atoms with van der Waals surface area (Å²) in [5.74, 6) is 0.886. The highest BCUT2D eigenvalue weighted by Crippen LogP contribution is 2.20. The summed E-state index contributed by atoms with van der Waals surface area (Å²) in [4.78, 5) is 3.91. The molecule has 0 aliphatic heterocycles. The highest BCUT2D eigenvalue weighted by atomic mass is 16.3. The van der Waals surface area contributed by atoms with Gasteiger partial charge in [-0.3, -0.25) is 0 Å². The summed E-state index contributed by atoms with van der Waals surface area (Å²) < 4.78 is 7.13. The maximum absolute atomic E-state index is 5.34. The molecule has 0 aliphatic carbocycles. The number of hydrogen-bond donors (Lipinski definition) is 0. The van der Waals surface area contributed by atoms with Crippen molar-refractivity contribution in [1.29, 1.82) is 0 Å². The molecule has 3 rings (SSSR count). The summed E-state index contributed by atoms with van der Waals surface area (Å²) >= 11 is 0. The second-order valence-electron chi connectivity index (χ2n) is 3.77. The molecular formula is C13H11N3O. The van der Waals surface area contributed by atoms with Gasteiger partial charge in [0.15, 0.2) is 0 Å². The van der Waals surface area contributed by atoms with Gasteiger partial charge in [0.2, 0.25) is 0 Å². The smallest absolute Gasteiger partial charge is 0.137 e. The normalized spacial score (nSPS) is 10.6. The van der Waals surface area contributed by atoms with Crippen LogP contribution < -0.4 is 0 Å². The molecular weight excluding hydrogens is 214 g/mol. The van der Waals surface area contributed by atoms with Crippen molar-refractivity contribution in [3.63, 3.8) is 0 Å². The Morgan fingerprint density at radius 1 is 1.12 bits per heavy atom. The number of aromatic nitrogens is 3. The van der Waals surface area contributed by atoms with Crippen LogP contribution in [0.15, 0.2) is 59.7 Å². The van der Waals surface area contributed by atoms with Crippen LogP contribution in [0.25, 0.3) is 11.3 Å². The highest BCUT2D eigenvalue weighted by Gasteiger charge is 2.00. The minimum absolute atomic E-state index is 0.735. The first-order valence-corrected chi connectivity index (χ1v) is 5.37. The average molecular weight is 225 g/mol. The quantitative estimate of drug-likeness (QED) is 0.688. The van der Waals surface area contributed by atoms with Gasteiger partial charge >= 0.3 is 0 Å². The molecule has 0 aliphatic rings. The van der Waals surface area contributed by atoms with Gasteiger partial charge in [-0.25, -0.2) is 9.67 Å². The second kappa shape index (κ2) is 4.25. The van der Waals surface area contributed by atoms with Gasteiger partial charge in [-0.05, 0) is 17.7 Å². The third kappa shape index (κ3) is 2.10. The van der Waals surface area contributed by atoms with Crippen LogP contribution in [0.4, 0.5) is 0 Å². The molecule has 0 bridgehead atoms. The summed E-state index contributed by atoms with van der Waals surface area (Å²) in [6.07, 6.45) is 4.93. The zero-order valence-electron chi connectivity index (χ0n) is 9.15. The van der Waals surface area contributed by atoms with E-state index in [1.807, 2.05) is 24.3 Å². The number of benzene rings is 1. The molecule has 2 heterocycles. The van der Waals surface area contributed by atoms with Gasteiger partial charge in [0, 0.05) is 5.56 Å². The fourth-order valence-corrected chi connectivity index (χ4v) is 1.72. The lowest BCUT2D eigenvalue weighted by molar-refractivity contribution is 0.582. The maximum atomic E-state index is 5.34. The molecule has 84 valence electrons. The molecule has 0 N–H and O–H groups in total. The molecule has 0 atom stereocenters. The molecule has 2 aromatic heterocycles. The lowest BCUT2D eigenvalue weighted by Crippen LogP contribution is -1.99. The highest BCUT2D eigenvalue weighted by molar-refractivity contribution is 5.57. The Bertz CT molecular complexity index is 568. The Morgan fingerprint density at radius 3 is 2.65 bits per heavy atom. The minimum Gasteiger partial charge on any atom is -0.464 e. The van der Waals surface area contributed by atoms with Gasteiger partial charge in [-0.1, -0.05) is 24.3 Å². The fraction of sp³-hybridized carbons (Fsp3) is 0.0769. The Kier molecular flexibility index (Phi) is 2.46. The molecule has 0 radical (unpaired) electrons. The molecule has 0 unspecified atom stereocenters. The van der Waals surface area contributed by atoms with Crippen molar-refractivity contribution in [1.82, 2.24) is 14.8 Å². The number of hydrogen-bond acceptors (Lipinski definition) is 3. The van der Waals surface area contributed by atoms with Gasteiger partial charge in [-0.15, -0.1) is 0 Å². The van der Waals surface area contributed by atoms with E-state index in [0.717, 1.165) is 17.9 Å². The predicted octanol–water partition coefficient (Wildman–Crippen LogP) is 2.59. The molecule has 0 amide bonds. The van der Waals surface area contributed by atoms with Gasteiger partial charge in [0.25, 0.3) is 0 Å². The van der Waals surface area contributed by atoms with Crippen molar-refractivity contribution in [2.75, 3.05) is 0 Å². The van der Waals surface area contributed by atoms with E-state index in [4.69, 9.17) is 4.42 Å². The first kappa shape index (κ1) is 9.84. The largest absolute Gasteiger partial charge is 0.464 e. The van der Waals surface area contributed by atoms with E-state index in [2.05, 4.69) is 22.2 Å². The van der Waals surface area contributed by atoms with E-state index in [1.54, 1.807) is 17.3 Å². The summed E-state index contributed by atoms with van der Waals surface area (Å²) in [6.45, 7) is 0.735. The number of nitrogens with zero attached hydrogens (tertiary/aromatic N) is 3. The van der Waals surface area contributed by atoms with Crippen LogP contribution >= 0.6 is 0 Å². The Hall–Kier alpha value is -2.36. The standard InChI is InChI=1S/C13H11N3O/c1-2-13(17-7-1)12-5-3-11(4-6-12)8-16-10-14-9-15-16/h1-7,9-10H,8H2. The zero-order valence-corrected chi connectivity index (χ0v) is 9.15. The van der Waals surface area contributed by atoms with Gasteiger partial charge in [-0.2, -0.15) is 5.10 Å². The minimum atomic E-state index is 0.735. The van der Waals surface area contributed by atoms with Crippen molar-refractivity contribution < 1.29 is 4.42 Å². The van der Waals surface area contributed by atoms with E-state index in [-0.39, 0.29) is 0 Å². The van der Waals surface area contributed by atoms with Crippen molar-refractivity contribution in [2.45, 2.75) is 6.54 Å². The van der Waals surface area contributed by atoms with Crippen molar-refractivity contribution in [2.24, 2.45) is 0 Å². The predicted molar refractivity (Wildman–Crippen MR) is 63.3 cm³/mol. The van der Waals surface area contributed by atoms with E-state index in [9.17, 15) is 0 Å². The third-order valence-corrected chi connectivity index (χ3v) is 2.57. The molecule has 0 fully saturated rings. The molecule has 3 aromatic rings. The number of rotatable bonds is 3. The maximum Gasteiger partial charge on any atom is 0.137 e. The Labute approximate surface area is 98.5 Å². The molecule has 17 heavy (non-hydrogen) atoms. The van der Waals surface area contributed by atoms with E-state index in [0.29, 0.717) is 0 Å². The Balaban J connectivity index is 1.81. The third-order valence-electron chi connectivity index (χ3n) is 2.57. The first-order chi connectivity index (χ1) is 8.42. The molecule has 4 heteroatoms. The molecule has 0 saturated carbocycles. The van der Waals surface area contributed by atoms with Crippen LogP contribution in [-0.2, 0) is 6.54 Å². The van der Waals surface area contributed by atoms with Crippen molar-refractivity contribution >= 4 is 0 Å². The van der Waals surface area contributed by atoms with Crippen LogP contribution in [0.3, 0.4) is 0 Å². The molecule has 0 spiro atoms. The summed E-state index contributed by atoms with van der Waals surface area (Å²) in [6, 6.07) is 12.1. The van der Waals surface area contributed by atoms with Gasteiger partial charge in [0.05, 0.1) is 12.8 Å². The van der Waals surface area contributed by atoms with E-state index < -0.39 is 0 Å². The van der Waals surface area contributed by atoms with Crippen LogP contribution in [0.5, 0.6) is 0 Å². The van der Waals surface area contributed by atoms with Crippen LogP contribution in [0, 0.1) is 0 Å². The van der Waals surface area contributed by atoms with Crippen LogP contribution in [0.2, 0.25) is 0 Å². The summed E-state index contributed by atoms with van der Waals surface area (Å²) in [5, 5.41) is 4.07. The second-order valence-corrected chi connectivity index (χ2v) is 3.77. The zero-order chi connectivity index (χ0) is 11.5. The monoisotopic (exact) mass is 225 g/mol. The molecule has 1 aromatic carbocycles. The first-order valence-electron chi connectivity index (χ1n) is 5.37.